The second-order valence-corrected chi connectivity index (χ2v) is 8.55. The Labute approximate surface area is 154 Å². The summed E-state index contributed by atoms with van der Waals surface area (Å²) >= 11 is 1.24. The van der Waals surface area contributed by atoms with Crippen molar-refractivity contribution in [1.29, 1.82) is 5.26 Å². The van der Waals surface area contributed by atoms with Crippen LogP contribution in [0.5, 0.6) is 0 Å². The highest BCUT2D eigenvalue weighted by Gasteiger charge is 2.36. The van der Waals surface area contributed by atoms with Crippen LogP contribution in [0.3, 0.4) is 0 Å². The van der Waals surface area contributed by atoms with E-state index in [1.165, 1.54) is 35.6 Å². The molecule has 3 rings (SSSR count). The lowest BCUT2D eigenvalue weighted by atomic mass is 10.1. The molecule has 8 nitrogen and oxygen atoms in total. The zero-order valence-electron chi connectivity index (χ0n) is 13.5. The molecule has 0 saturated heterocycles. The number of hydrogen-bond donors (Lipinski definition) is 1. The largest absolute Gasteiger partial charge is 0.380 e. The van der Waals surface area contributed by atoms with Crippen LogP contribution in [0.15, 0.2) is 45.9 Å². The molecule has 1 aromatic carbocycles. The molecule has 0 spiro atoms. The molecule has 0 aliphatic heterocycles. The van der Waals surface area contributed by atoms with Crippen molar-refractivity contribution in [2.24, 2.45) is 5.16 Å². The normalized spacial score (nSPS) is 14.5. The Morgan fingerprint density at radius 1 is 1.38 bits per heavy atom. The summed E-state index contributed by atoms with van der Waals surface area (Å²) in [7, 11) is -3.31. The van der Waals surface area contributed by atoms with E-state index in [2.05, 4.69) is 15.5 Å². The fraction of sp³-hybridized carbons (Fsp3) is 0.250. The molecule has 1 aliphatic carbocycles. The first-order chi connectivity index (χ1) is 12.5. The van der Waals surface area contributed by atoms with Gasteiger partial charge in [-0.1, -0.05) is 17.3 Å². The van der Waals surface area contributed by atoms with Gasteiger partial charge in [-0.05, 0) is 25.0 Å². The highest BCUT2D eigenvalue weighted by molar-refractivity contribution is 7.92. The van der Waals surface area contributed by atoms with Crippen LogP contribution >= 0.6 is 11.3 Å². The molecule has 1 aliphatic rings. The van der Waals surface area contributed by atoms with Gasteiger partial charge in [-0.25, -0.2) is 13.4 Å². The molecule has 0 atom stereocenters. The molecule has 10 heteroatoms. The van der Waals surface area contributed by atoms with E-state index in [0.29, 0.717) is 23.5 Å². The molecule has 0 unspecified atom stereocenters. The van der Waals surface area contributed by atoms with E-state index in [9.17, 15) is 13.2 Å². The maximum Gasteiger partial charge on any atom is 0.280 e. The number of aromatic nitrogens is 1. The molecule has 1 fully saturated rings. The molecule has 134 valence electrons. The maximum absolute atomic E-state index is 12.4. The van der Waals surface area contributed by atoms with Gasteiger partial charge in [0.2, 0.25) is 6.61 Å². The van der Waals surface area contributed by atoms with Crippen molar-refractivity contribution in [3.63, 3.8) is 0 Å². The number of anilines is 1. The topological polar surface area (TPSA) is 122 Å². The number of nitriles is 1. The molecule has 1 N–H and O–H groups in total. The minimum absolute atomic E-state index is 0.0779. The van der Waals surface area contributed by atoms with Gasteiger partial charge in [-0.15, -0.1) is 11.3 Å². The van der Waals surface area contributed by atoms with E-state index < -0.39 is 15.7 Å². The Balaban J connectivity index is 1.85. The van der Waals surface area contributed by atoms with E-state index in [0.717, 1.165) is 0 Å². The van der Waals surface area contributed by atoms with Gasteiger partial charge in [0.05, 0.1) is 10.1 Å². The number of rotatable bonds is 7. The Morgan fingerprint density at radius 2 is 2.12 bits per heavy atom. The van der Waals surface area contributed by atoms with Crippen LogP contribution in [0.25, 0.3) is 0 Å². The predicted molar refractivity (Wildman–Crippen MR) is 95.5 cm³/mol. The van der Waals surface area contributed by atoms with Crippen molar-refractivity contribution in [3.8, 4) is 6.07 Å². The third kappa shape index (κ3) is 4.07. The lowest BCUT2D eigenvalue weighted by Crippen LogP contribution is -2.24. The number of sulfone groups is 1. The highest BCUT2D eigenvalue weighted by Crippen LogP contribution is 2.33. The lowest BCUT2D eigenvalue weighted by molar-refractivity contribution is -0.110. The molecule has 1 heterocycles. The average Bonchev–Trinajstić information content (AvgIpc) is 3.38. The number of nitrogens with one attached hydrogen (secondary N) is 1. The highest BCUT2D eigenvalue weighted by atomic mass is 32.2. The van der Waals surface area contributed by atoms with Gasteiger partial charge in [-0.3, -0.25) is 10.1 Å². The van der Waals surface area contributed by atoms with Crippen molar-refractivity contribution in [3.05, 3.63) is 41.4 Å². The van der Waals surface area contributed by atoms with Gasteiger partial charge in [0.1, 0.15) is 6.07 Å². The van der Waals surface area contributed by atoms with Gasteiger partial charge in [-0.2, -0.15) is 5.26 Å². The quantitative estimate of drug-likeness (QED) is 0.438. The number of benzene rings is 1. The van der Waals surface area contributed by atoms with Crippen LogP contribution in [-0.2, 0) is 19.5 Å². The molecule has 26 heavy (non-hydrogen) atoms. The molecule has 1 saturated carbocycles. The second-order valence-electron chi connectivity index (χ2n) is 5.43. The molecule has 1 amide bonds. The Bertz CT molecular complexity index is 957. The number of amides is 1. The number of thiazole rings is 1. The van der Waals surface area contributed by atoms with Gasteiger partial charge in [0.15, 0.2) is 20.7 Å². The van der Waals surface area contributed by atoms with Crippen molar-refractivity contribution in [2.75, 3.05) is 11.9 Å². The van der Waals surface area contributed by atoms with Crippen molar-refractivity contribution in [2.45, 2.75) is 23.0 Å². The van der Waals surface area contributed by atoms with Crippen LogP contribution in [0.2, 0.25) is 0 Å². The van der Waals surface area contributed by atoms with Crippen LogP contribution in [0.4, 0.5) is 5.13 Å². The Hall–Kier alpha value is -2.77. The number of carbonyl (C=O) groups is 1. The molecule has 0 radical (unpaired) electrons. The number of oxime groups is 1. The standard InChI is InChI=1S/C16H14N4O4S2/c17-7-9-24-20-14(15(21)19-16-18-8-10-25-16)11-1-3-12(4-2-11)26(22,23)13-5-6-13/h1-4,8,10,13H,5-6,9H2,(H,18,19,21)/b20-14+. The van der Waals surface area contributed by atoms with E-state index >= 15 is 0 Å². The summed E-state index contributed by atoms with van der Waals surface area (Å²) in [5, 5.41) is 16.6. The lowest BCUT2D eigenvalue weighted by Gasteiger charge is -2.08. The van der Waals surface area contributed by atoms with Gasteiger partial charge >= 0.3 is 0 Å². The van der Waals surface area contributed by atoms with Crippen LogP contribution in [0.1, 0.15) is 18.4 Å². The first kappa shape index (κ1) is 18.0. The summed E-state index contributed by atoms with van der Waals surface area (Å²) in [6.45, 7) is -0.317. The first-order valence-electron chi connectivity index (χ1n) is 7.64. The Morgan fingerprint density at radius 3 is 2.69 bits per heavy atom. The Kier molecular flexibility index (Phi) is 5.29. The van der Waals surface area contributed by atoms with Gasteiger partial charge in [0, 0.05) is 17.1 Å². The molecule has 2 aromatic rings. The summed E-state index contributed by atoms with van der Waals surface area (Å²) in [6, 6.07) is 7.63. The third-order valence-electron chi connectivity index (χ3n) is 3.57. The smallest absolute Gasteiger partial charge is 0.280 e. The predicted octanol–water partition coefficient (Wildman–Crippen LogP) is 1.96. The summed E-state index contributed by atoms with van der Waals surface area (Å²) in [4.78, 5) is 21.4. The summed E-state index contributed by atoms with van der Waals surface area (Å²) in [6.07, 6.45) is 2.89. The van der Waals surface area contributed by atoms with Crippen LogP contribution in [-0.4, -0.2) is 36.9 Å². The van der Waals surface area contributed by atoms with Crippen molar-refractivity contribution >= 4 is 37.9 Å². The summed E-state index contributed by atoms with van der Waals surface area (Å²) in [5.41, 5.74) is 0.289. The van der Waals surface area contributed by atoms with Gasteiger partial charge in [0.25, 0.3) is 5.91 Å². The minimum Gasteiger partial charge on any atom is -0.380 e. The van der Waals surface area contributed by atoms with Crippen LogP contribution < -0.4 is 5.32 Å². The molecule has 1 aromatic heterocycles. The van der Waals surface area contributed by atoms with Gasteiger partial charge < -0.3 is 4.84 Å². The maximum atomic E-state index is 12.4. The molecular weight excluding hydrogens is 376 g/mol. The average molecular weight is 390 g/mol. The molecular formula is C16H14N4O4S2. The number of hydrogen-bond acceptors (Lipinski definition) is 8. The summed E-state index contributed by atoms with van der Waals surface area (Å²) in [5.74, 6) is -0.573. The van der Waals surface area contributed by atoms with E-state index in [1.54, 1.807) is 17.6 Å². The fourth-order valence-electron chi connectivity index (χ4n) is 2.17. The zero-order valence-corrected chi connectivity index (χ0v) is 15.1. The summed E-state index contributed by atoms with van der Waals surface area (Å²) < 4.78 is 24.5. The second kappa shape index (κ2) is 7.63. The minimum atomic E-state index is -3.31. The third-order valence-corrected chi connectivity index (χ3v) is 6.54. The first-order valence-corrected chi connectivity index (χ1v) is 10.1. The monoisotopic (exact) mass is 390 g/mol. The van der Waals surface area contributed by atoms with E-state index in [-0.39, 0.29) is 22.5 Å². The van der Waals surface area contributed by atoms with Crippen molar-refractivity contribution in [1.82, 2.24) is 4.98 Å². The van der Waals surface area contributed by atoms with E-state index in [4.69, 9.17) is 10.1 Å². The SMILES string of the molecule is N#CCO/N=C(/C(=O)Nc1nccs1)c1ccc(S(=O)(=O)C2CC2)cc1. The van der Waals surface area contributed by atoms with Crippen molar-refractivity contribution < 1.29 is 18.0 Å². The fourth-order valence-corrected chi connectivity index (χ4v) is 4.35. The van der Waals surface area contributed by atoms with E-state index in [1.807, 2.05) is 0 Å². The van der Waals surface area contributed by atoms with Crippen LogP contribution in [0, 0.1) is 11.3 Å². The number of carbonyl (C=O) groups excluding carboxylic acids is 1. The molecule has 0 bridgehead atoms. The number of nitrogens with zero attached hydrogens (tertiary/aromatic N) is 3. The zero-order chi connectivity index (χ0) is 18.6.